The number of ether oxygens (including phenoxy) is 1. The number of hydrogen-bond acceptors (Lipinski definition) is 4. The number of amides is 1. The maximum absolute atomic E-state index is 13.0. The molecule has 1 aromatic heterocycles. The summed E-state index contributed by atoms with van der Waals surface area (Å²) in [5.74, 6) is -0.680. The zero-order chi connectivity index (χ0) is 18.2. The van der Waals surface area contributed by atoms with Crippen LogP contribution in [-0.4, -0.2) is 39.4 Å². The summed E-state index contributed by atoms with van der Waals surface area (Å²) in [4.78, 5) is 31.1. The third-order valence-corrected chi connectivity index (χ3v) is 4.93. The van der Waals surface area contributed by atoms with Gasteiger partial charge in [0.1, 0.15) is 17.1 Å². The van der Waals surface area contributed by atoms with Crippen molar-refractivity contribution in [2.75, 3.05) is 0 Å². The van der Waals surface area contributed by atoms with E-state index < -0.39 is 11.4 Å². The van der Waals surface area contributed by atoms with E-state index in [9.17, 15) is 14.0 Å². The van der Waals surface area contributed by atoms with Gasteiger partial charge in [0.2, 0.25) is 0 Å². The number of Topliss-reactive ketones (excluding diaryl/α,β-unsaturated/α-hetero) is 1. The number of rotatable bonds is 2. The zero-order valence-electron chi connectivity index (χ0n) is 15.0. The van der Waals surface area contributed by atoms with E-state index in [2.05, 4.69) is 4.98 Å². The highest BCUT2D eigenvalue weighted by atomic mass is 19.1. The highest BCUT2D eigenvalue weighted by Crippen LogP contribution is 2.39. The van der Waals surface area contributed by atoms with Gasteiger partial charge in [-0.25, -0.2) is 9.18 Å². The lowest BCUT2D eigenvalue weighted by atomic mass is 9.76. The minimum Gasteiger partial charge on any atom is -0.444 e. The van der Waals surface area contributed by atoms with Gasteiger partial charge in [-0.05, 0) is 65.0 Å². The molecule has 1 amide bonds. The average molecular weight is 348 g/mol. The summed E-state index contributed by atoms with van der Waals surface area (Å²) in [7, 11) is 0. The van der Waals surface area contributed by atoms with Gasteiger partial charge < -0.3 is 9.64 Å². The van der Waals surface area contributed by atoms with Gasteiger partial charge in [0.05, 0.1) is 6.20 Å². The first-order valence-corrected chi connectivity index (χ1v) is 8.91. The number of ketones is 1. The first-order chi connectivity index (χ1) is 11.7. The van der Waals surface area contributed by atoms with E-state index >= 15 is 0 Å². The normalized spacial score (nSPS) is 26.2. The number of nitrogens with zero attached hydrogens (tertiary/aromatic N) is 2. The minimum atomic E-state index is -0.532. The van der Waals surface area contributed by atoms with E-state index in [-0.39, 0.29) is 29.9 Å². The molecule has 0 radical (unpaired) electrons. The molecule has 2 bridgehead atoms. The van der Waals surface area contributed by atoms with Crippen LogP contribution in [0, 0.1) is 11.7 Å². The minimum absolute atomic E-state index is 0.0248. The standard InChI is InChI=1S/C19H25FN2O3/c1-19(2,3)25-18(24)22-14-5-4-6-15(22)10-12(9-14)17(23)16-8-7-13(20)11-21-16/h7-8,11-12,14-15H,4-6,9-10H2,1-3H3. The molecule has 0 aromatic carbocycles. The number of piperidine rings is 2. The molecule has 2 fully saturated rings. The van der Waals surface area contributed by atoms with Gasteiger partial charge in [0.25, 0.3) is 0 Å². The summed E-state index contributed by atoms with van der Waals surface area (Å²) in [6.45, 7) is 5.57. The number of pyridine rings is 1. The monoisotopic (exact) mass is 348 g/mol. The summed E-state index contributed by atoms with van der Waals surface area (Å²) in [5.41, 5.74) is -0.231. The highest BCUT2D eigenvalue weighted by molar-refractivity contribution is 5.96. The van der Waals surface area contributed by atoms with E-state index in [4.69, 9.17) is 4.74 Å². The molecule has 0 spiro atoms. The van der Waals surface area contributed by atoms with E-state index in [1.807, 2.05) is 25.7 Å². The van der Waals surface area contributed by atoms with Gasteiger partial charge in [0, 0.05) is 18.0 Å². The van der Waals surface area contributed by atoms with Crippen molar-refractivity contribution in [1.29, 1.82) is 0 Å². The van der Waals surface area contributed by atoms with Crippen molar-refractivity contribution in [2.24, 2.45) is 5.92 Å². The Morgan fingerprint density at radius 1 is 1.20 bits per heavy atom. The number of aromatic nitrogens is 1. The third kappa shape index (κ3) is 3.99. The Hall–Kier alpha value is -1.98. The molecule has 3 heterocycles. The maximum Gasteiger partial charge on any atom is 0.410 e. The summed E-state index contributed by atoms with van der Waals surface area (Å²) < 4.78 is 18.6. The quantitative estimate of drug-likeness (QED) is 0.759. The molecule has 0 N–H and O–H groups in total. The fraction of sp³-hybridized carbons (Fsp3) is 0.632. The van der Waals surface area contributed by atoms with Crippen molar-refractivity contribution < 1.29 is 18.7 Å². The second kappa shape index (κ2) is 6.73. The summed E-state index contributed by atoms with van der Waals surface area (Å²) in [6, 6.07) is 2.75. The molecule has 25 heavy (non-hydrogen) atoms. The molecule has 2 aliphatic rings. The predicted molar refractivity (Wildman–Crippen MR) is 90.7 cm³/mol. The van der Waals surface area contributed by atoms with Gasteiger partial charge in [-0.15, -0.1) is 0 Å². The number of hydrogen-bond donors (Lipinski definition) is 0. The van der Waals surface area contributed by atoms with Gasteiger partial charge in [-0.1, -0.05) is 0 Å². The Morgan fingerprint density at radius 3 is 2.36 bits per heavy atom. The van der Waals surface area contributed by atoms with Crippen LogP contribution in [0.25, 0.3) is 0 Å². The molecular weight excluding hydrogens is 323 g/mol. The molecule has 2 unspecified atom stereocenters. The second-order valence-electron chi connectivity index (χ2n) is 8.02. The Kier molecular flexibility index (Phi) is 4.80. The van der Waals surface area contributed by atoms with Crippen LogP contribution in [0.1, 0.15) is 63.4 Å². The molecule has 2 saturated heterocycles. The Balaban J connectivity index is 1.73. The molecule has 136 valence electrons. The maximum atomic E-state index is 13.0. The molecule has 2 aliphatic heterocycles. The molecule has 0 saturated carbocycles. The van der Waals surface area contributed by atoms with Crippen molar-refractivity contribution in [2.45, 2.75) is 70.6 Å². The first kappa shape index (κ1) is 17.8. The molecule has 5 nitrogen and oxygen atoms in total. The number of fused-ring (bicyclic) bond motifs is 2. The second-order valence-corrected chi connectivity index (χ2v) is 8.02. The lowest BCUT2D eigenvalue weighted by molar-refractivity contribution is -0.0261. The van der Waals surface area contributed by atoms with Crippen LogP contribution in [0.2, 0.25) is 0 Å². The van der Waals surface area contributed by atoms with Crippen LogP contribution >= 0.6 is 0 Å². The van der Waals surface area contributed by atoms with Crippen molar-refractivity contribution >= 4 is 11.9 Å². The largest absolute Gasteiger partial charge is 0.444 e. The number of carbonyl (C=O) groups is 2. The van der Waals surface area contributed by atoms with Gasteiger partial charge in [-0.2, -0.15) is 0 Å². The van der Waals surface area contributed by atoms with Crippen molar-refractivity contribution in [3.63, 3.8) is 0 Å². The summed E-state index contributed by atoms with van der Waals surface area (Å²) in [6.07, 6.45) is 4.86. The molecule has 1 aromatic rings. The zero-order valence-corrected chi connectivity index (χ0v) is 15.0. The van der Waals surface area contributed by atoms with Gasteiger partial charge >= 0.3 is 6.09 Å². The van der Waals surface area contributed by atoms with Crippen LogP contribution in [-0.2, 0) is 4.74 Å². The molecule has 2 atom stereocenters. The van der Waals surface area contributed by atoms with Gasteiger partial charge in [-0.3, -0.25) is 9.78 Å². The fourth-order valence-electron chi connectivity index (χ4n) is 3.94. The van der Waals surface area contributed by atoms with Crippen LogP contribution in [0.3, 0.4) is 0 Å². The number of halogens is 1. The van der Waals surface area contributed by atoms with E-state index in [0.717, 1.165) is 25.5 Å². The van der Waals surface area contributed by atoms with Gasteiger partial charge in [0.15, 0.2) is 5.78 Å². The highest BCUT2D eigenvalue weighted by Gasteiger charge is 2.44. The van der Waals surface area contributed by atoms with Crippen LogP contribution < -0.4 is 0 Å². The molecular formula is C19H25FN2O3. The molecule has 6 heteroatoms. The predicted octanol–water partition coefficient (Wildman–Crippen LogP) is 3.97. The SMILES string of the molecule is CC(C)(C)OC(=O)N1C2CCCC1CC(C(=O)c1ccc(F)cn1)C2. The Morgan fingerprint density at radius 2 is 1.84 bits per heavy atom. The van der Waals surface area contributed by atoms with Crippen LogP contribution in [0.5, 0.6) is 0 Å². The lowest BCUT2D eigenvalue weighted by Gasteiger charge is -2.48. The topological polar surface area (TPSA) is 59.5 Å². The lowest BCUT2D eigenvalue weighted by Crippen LogP contribution is -2.56. The third-order valence-electron chi connectivity index (χ3n) is 4.93. The van der Waals surface area contributed by atoms with E-state index in [1.165, 1.54) is 12.1 Å². The summed E-state index contributed by atoms with van der Waals surface area (Å²) in [5, 5.41) is 0. The van der Waals surface area contributed by atoms with Crippen LogP contribution in [0.15, 0.2) is 18.3 Å². The van der Waals surface area contributed by atoms with Crippen LogP contribution in [0.4, 0.5) is 9.18 Å². The van der Waals surface area contributed by atoms with Crippen molar-refractivity contribution in [3.8, 4) is 0 Å². The Labute approximate surface area is 147 Å². The van der Waals surface area contributed by atoms with Crippen molar-refractivity contribution in [1.82, 2.24) is 9.88 Å². The van der Waals surface area contributed by atoms with E-state index in [0.29, 0.717) is 18.5 Å². The first-order valence-electron chi connectivity index (χ1n) is 8.91. The molecule has 0 aliphatic carbocycles. The Bertz CT molecular complexity index is 640. The smallest absolute Gasteiger partial charge is 0.410 e. The average Bonchev–Trinajstić information content (AvgIpc) is 2.52. The fourth-order valence-corrected chi connectivity index (χ4v) is 3.94. The molecule has 3 rings (SSSR count). The van der Waals surface area contributed by atoms with E-state index in [1.54, 1.807) is 0 Å². The van der Waals surface area contributed by atoms with Crippen molar-refractivity contribution in [3.05, 3.63) is 29.8 Å². The summed E-state index contributed by atoms with van der Waals surface area (Å²) >= 11 is 0. The number of carbonyl (C=O) groups excluding carboxylic acids is 2.